The molecule has 2 aliphatic heterocycles. The molecule has 0 spiro atoms. The van der Waals surface area contributed by atoms with Crippen molar-refractivity contribution < 1.29 is 19.1 Å². The van der Waals surface area contributed by atoms with Crippen LogP contribution < -0.4 is 9.64 Å². The quantitative estimate of drug-likeness (QED) is 0.709. The largest absolute Gasteiger partial charge is 0.482 e. The van der Waals surface area contributed by atoms with Gasteiger partial charge in [0, 0.05) is 44.7 Å². The highest BCUT2D eigenvalue weighted by atomic mass is 79.9. The van der Waals surface area contributed by atoms with Crippen molar-refractivity contribution in [3.05, 3.63) is 22.7 Å². The number of amides is 4. The number of hydrogen-bond acceptors (Lipinski definition) is 4. The fraction of sp³-hybridized carbons (Fsp3) is 0.471. The van der Waals surface area contributed by atoms with Crippen LogP contribution >= 0.6 is 15.9 Å². The monoisotopic (exact) mass is 424 g/mol. The van der Waals surface area contributed by atoms with Crippen molar-refractivity contribution in [2.75, 3.05) is 58.3 Å². The van der Waals surface area contributed by atoms with Crippen LogP contribution in [0.15, 0.2) is 22.7 Å². The third-order valence-electron chi connectivity index (χ3n) is 4.44. The SMILES string of the molecule is CN(C)C(=O)N1CCN(C(=O)CN2C(=O)COc3cc(Br)ccc32)CC1. The molecule has 0 N–H and O–H groups in total. The molecule has 9 heteroatoms. The van der Waals surface area contributed by atoms with E-state index in [2.05, 4.69) is 15.9 Å². The Morgan fingerprint density at radius 1 is 1.15 bits per heavy atom. The van der Waals surface area contributed by atoms with Gasteiger partial charge >= 0.3 is 6.03 Å². The molecule has 0 aromatic heterocycles. The standard InChI is InChI=1S/C17H21BrN4O4/c1-19(2)17(25)21-7-5-20(6-8-21)15(23)10-22-13-4-3-12(18)9-14(13)26-11-16(22)24/h3-4,9H,5-8,10-11H2,1-2H3. The molecule has 0 unspecified atom stereocenters. The maximum Gasteiger partial charge on any atom is 0.319 e. The lowest BCUT2D eigenvalue weighted by molar-refractivity contribution is -0.133. The number of rotatable bonds is 2. The summed E-state index contributed by atoms with van der Waals surface area (Å²) in [5, 5.41) is 0. The number of hydrogen-bond donors (Lipinski definition) is 0. The van der Waals surface area contributed by atoms with E-state index in [1.54, 1.807) is 36.0 Å². The molecular weight excluding hydrogens is 404 g/mol. The van der Waals surface area contributed by atoms with Gasteiger partial charge in [0.1, 0.15) is 12.3 Å². The molecule has 1 aromatic carbocycles. The molecule has 26 heavy (non-hydrogen) atoms. The Bertz CT molecular complexity index is 731. The number of halogens is 1. The van der Waals surface area contributed by atoms with Crippen molar-refractivity contribution >= 4 is 39.5 Å². The van der Waals surface area contributed by atoms with Crippen molar-refractivity contribution in [1.29, 1.82) is 0 Å². The van der Waals surface area contributed by atoms with Gasteiger partial charge in [-0.15, -0.1) is 0 Å². The molecule has 3 rings (SSSR count). The zero-order valence-electron chi connectivity index (χ0n) is 14.8. The van der Waals surface area contributed by atoms with Crippen LogP contribution in [-0.4, -0.2) is 86.0 Å². The first-order valence-electron chi connectivity index (χ1n) is 8.33. The lowest BCUT2D eigenvalue weighted by atomic mass is 10.2. The molecule has 0 radical (unpaired) electrons. The Morgan fingerprint density at radius 2 is 1.81 bits per heavy atom. The third kappa shape index (κ3) is 3.77. The average molecular weight is 425 g/mol. The van der Waals surface area contributed by atoms with Crippen LogP contribution in [0.1, 0.15) is 0 Å². The van der Waals surface area contributed by atoms with E-state index in [0.29, 0.717) is 37.6 Å². The predicted molar refractivity (Wildman–Crippen MR) is 99.2 cm³/mol. The van der Waals surface area contributed by atoms with E-state index in [1.807, 2.05) is 6.07 Å². The van der Waals surface area contributed by atoms with Crippen LogP contribution in [0.4, 0.5) is 10.5 Å². The van der Waals surface area contributed by atoms with E-state index in [0.717, 1.165) is 4.47 Å². The number of ether oxygens (including phenoxy) is 1. The number of carbonyl (C=O) groups is 3. The van der Waals surface area contributed by atoms with Crippen molar-refractivity contribution in [1.82, 2.24) is 14.7 Å². The van der Waals surface area contributed by atoms with Crippen LogP contribution in [0.5, 0.6) is 5.75 Å². The molecule has 2 heterocycles. The summed E-state index contributed by atoms with van der Waals surface area (Å²) < 4.78 is 6.29. The van der Waals surface area contributed by atoms with E-state index in [4.69, 9.17) is 4.74 Å². The van der Waals surface area contributed by atoms with Gasteiger partial charge in [-0.05, 0) is 18.2 Å². The second-order valence-corrected chi connectivity index (χ2v) is 7.34. The molecule has 140 valence electrons. The van der Waals surface area contributed by atoms with Gasteiger partial charge in [0.15, 0.2) is 6.61 Å². The second-order valence-electron chi connectivity index (χ2n) is 6.43. The molecule has 0 saturated carbocycles. The first kappa shape index (κ1) is 18.5. The van der Waals surface area contributed by atoms with E-state index in [1.165, 1.54) is 9.80 Å². The lowest BCUT2D eigenvalue weighted by Crippen LogP contribution is -2.55. The molecule has 8 nitrogen and oxygen atoms in total. The number of piperazine rings is 1. The maximum absolute atomic E-state index is 12.7. The highest BCUT2D eigenvalue weighted by Gasteiger charge is 2.31. The summed E-state index contributed by atoms with van der Waals surface area (Å²) in [4.78, 5) is 43.3. The zero-order valence-corrected chi connectivity index (χ0v) is 16.4. The van der Waals surface area contributed by atoms with Crippen LogP contribution in [0.25, 0.3) is 0 Å². The van der Waals surface area contributed by atoms with Gasteiger partial charge in [-0.1, -0.05) is 15.9 Å². The molecule has 1 saturated heterocycles. The van der Waals surface area contributed by atoms with Gasteiger partial charge in [-0.25, -0.2) is 4.79 Å². The Labute approximate surface area is 160 Å². The number of benzene rings is 1. The number of carbonyl (C=O) groups excluding carboxylic acids is 3. The smallest absolute Gasteiger partial charge is 0.319 e. The molecule has 0 bridgehead atoms. The van der Waals surface area contributed by atoms with Gasteiger partial charge in [-0.3, -0.25) is 14.5 Å². The summed E-state index contributed by atoms with van der Waals surface area (Å²) in [6.07, 6.45) is 0. The minimum atomic E-state index is -0.241. The fourth-order valence-electron chi connectivity index (χ4n) is 3.02. The minimum Gasteiger partial charge on any atom is -0.482 e. The summed E-state index contributed by atoms with van der Waals surface area (Å²) in [6, 6.07) is 5.30. The Morgan fingerprint density at radius 3 is 2.46 bits per heavy atom. The molecule has 1 aromatic rings. The van der Waals surface area contributed by atoms with Crippen LogP contribution in [0.3, 0.4) is 0 Å². The van der Waals surface area contributed by atoms with E-state index in [-0.39, 0.29) is 31.0 Å². The number of fused-ring (bicyclic) bond motifs is 1. The van der Waals surface area contributed by atoms with Gasteiger partial charge in [0.25, 0.3) is 5.91 Å². The first-order valence-corrected chi connectivity index (χ1v) is 9.13. The lowest BCUT2D eigenvalue weighted by Gasteiger charge is -2.37. The summed E-state index contributed by atoms with van der Waals surface area (Å²) in [5.41, 5.74) is 0.597. The summed E-state index contributed by atoms with van der Waals surface area (Å²) in [5.74, 6) is 0.203. The second kappa shape index (κ2) is 7.53. The third-order valence-corrected chi connectivity index (χ3v) is 4.94. The number of urea groups is 1. The summed E-state index contributed by atoms with van der Waals surface area (Å²) in [6.45, 7) is 1.79. The van der Waals surface area contributed by atoms with Crippen LogP contribution in [0.2, 0.25) is 0 Å². The van der Waals surface area contributed by atoms with E-state index < -0.39 is 0 Å². The normalized spacial score (nSPS) is 16.9. The van der Waals surface area contributed by atoms with Crippen molar-refractivity contribution in [2.24, 2.45) is 0 Å². The summed E-state index contributed by atoms with van der Waals surface area (Å²) in [7, 11) is 3.42. The number of nitrogens with zero attached hydrogens (tertiary/aromatic N) is 4. The molecule has 2 aliphatic rings. The van der Waals surface area contributed by atoms with Crippen molar-refractivity contribution in [2.45, 2.75) is 0 Å². The topological polar surface area (TPSA) is 73.4 Å². The summed E-state index contributed by atoms with van der Waals surface area (Å²) >= 11 is 3.37. The Kier molecular flexibility index (Phi) is 5.36. The molecular formula is C17H21BrN4O4. The zero-order chi connectivity index (χ0) is 18.8. The molecule has 1 fully saturated rings. The molecule has 4 amide bonds. The average Bonchev–Trinajstić information content (AvgIpc) is 2.63. The number of anilines is 1. The Balaban J connectivity index is 1.64. The van der Waals surface area contributed by atoms with E-state index in [9.17, 15) is 14.4 Å². The minimum absolute atomic E-state index is 0.0293. The predicted octanol–water partition coefficient (Wildman–Crippen LogP) is 1.00. The molecule has 0 atom stereocenters. The first-order chi connectivity index (χ1) is 12.4. The van der Waals surface area contributed by atoms with Gasteiger partial charge < -0.3 is 19.4 Å². The highest BCUT2D eigenvalue weighted by molar-refractivity contribution is 9.10. The fourth-order valence-corrected chi connectivity index (χ4v) is 3.36. The van der Waals surface area contributed by atoms with Gasteiger partial charge in [0.2, 0.25) is 5.91 Å². The van der Waals surface area contributed by atoms with Crippen molar-refractivity contribution in [3.8, 4) is 5.75 Å². The van der Waals surface area contributed by atoms with E-state index >= 15 is 0 Å². The van der Waals surface area contributed by atoms with Crippen molar-refractivity contribution in [3.63, 3.8) is 0 Å². The van der Waals surface area contributed by atoms with Crippen LogP contribution in [0, 0.1) is 0 Å². The van der Waals surface area contributed by atoms with Gasteiger partial charge in [-0.2, -0.15) is 0 Å². The maximum atomic E-state index is 12.7. The van der Waals surface area contributed by atoms with Crippen LogP contribution in [-0.2, 0) is 9.59 Å². The molecule has 0 aliphatic carbocycles. The Hall–Kier alpha value is -2.29. The highest BCUT2D eigenvalue weighted by Crippen LogP contribution is 2.34. The van der Waals surface area contributed by atoms with Gasteiger partial charge in [0.05, 0.1) is 5.69 Å².